The number of fused-ring (bicyclic) bond motifs is 5. The molecular formula is C14H9ClN2O. The molecule has 0 amide bonds. The fraction of sp³-hybridized carbons (Fsp3) is 0.143. The van der Waals surface area contributed by atoms with Crippen molar-refractivity contribution in [2.45, 2.75) is 12.8 Å². The van der Waals surface area contributed by atoms with E-state index in [9.17, 15) is 0 Å². The predicted molar refractivity (Wildman–Crippen MR) is 69.7 cm³/mol. The van der Waals surface area contributed by atoms with Gasteiger partial charge in [0, 0.05) is 36.0 Å². The van der Waals surface area contributed by atoms with Crippen LogP contribution in [0.4, 0.5) is 0 Å². The molecule has 4 heteroatoms. The fourth-order valence-electron chi connectivity index (χ4n) is 2.63. The van der Waals surface area contributed by atoms with Crippen LogP contribution in [0.25, 0.3) is 22.1 Å². The second kappa shape index (κ2) is 3.56. The maximum Gasteiger partial charge on any atom is 0.172 e. The van der Waals surface area contributed by atoms with Gasteiger partial charge in [0.25, 0.3) is 0 Å². The molecule has 1 aliphatic carbocycles. The molecule has 0 spiro atoms. The van der Waals surface area contributed by atoms with Crippen LogP contribution in [0.5, 0.6) is 0 Å². The number of aryl methyl sites for hydroxylation is 2. The standard InChI is InChI=1S/C14H9ClN2O/c15-14-13-10(4-6-17-14)12-9-3-5-16-7-8(9)1-2-11(12)18-13/h3-7H,1-2H2. The first-order valence-electron chi connectivity index (χ1n) is 5.84. The number of hydrogen-bond donors (Lipinski definition) is 0. The van der Waals surface area contributed by atoms with Crippen LogP contribution in [-0.4, -0.2) is 9.97 Å². The summed E-state index contributed by atoms with van der Waals surface area (Å²) in [6, 6.07) is 4.00. The zero-order chi connectivity index (χ0) is 12.1. The van der Waals surface area contributed by atoms with Crippen molar-refractivity contribution in [3.8, 4) is 11.1 Å². The molecule has 3 aromatic heterocycles. The van der Waals surface area contributed by atoms with E-state index in [1.54, 1.807) is 6.20 Å². The number of hydrogen-bond acceptors (Lipinski definition) is 3. The molecule has 0 atom stereocenters. The SMILES string of the molecule is Clc1nccc2c3c(oc12)CCc1cnccc1-3. The number of pyridine rings is 2. The van der Waals surface area contributed by atoms with Crippen molar-refractivity contribution in [1.29, 1.82) is 0 Å². The smallest absolute Gasteiger partial charge is 0.172 e. The van der Waals surface area contributed by atoms with Crippen molar-refractivity contribution in [1.82, 2.24) is 9.97 Å². The average molecular weight is 257 g/mol. The summed E-state index contributed by atoms with van der Waals surface area (Å²) >= 11 is 6.09. The van der Waals surface area contributed by atoms with E-state index in [2.05, 4.69) is 9.97 Å². The molecule has 0 saturated heterocycles. The van der Waals surface area contributed by atoms with Gasteiger partial charge < -0.3 is 4.42 Å². The number of nitrogens with zero attached hydrogens (tertiary/aromatic N) is 2. The van der Waals surface area contributed by atoms with E-state index in [0.717, 1.165) is 29.6 Å². The van der Waals surface area contributed by atoms with E-state index in [1.807, 2.05) is 24.5 Å². The molecule has 3 aromatic rings. The van der Waals surface area contributed by atoms with Gasteiger partial charge in [-0.1, -0.05) is 11.6 Å². The van der Waals surface area contributed by atoms with Gasteiger partial charge in [-0.25, -0.2) is 4.98 Å². The molecule has 0 bridgehead atoms. The summed E-state index contributed by atoms with van der Waals surface area (Å²) in [4.78, 5) is 8.25. The topological polar surface area (TPSA) is 38.9 Å². The van der Waals surface area contributed by atoms with Gasteiger partial charge >= 0.3 is 0 Å². The molecule has 3 nitrogen and oxygen atoms in total. The third-order valence-corrected chi connectivity index (χ3v) is 3.70. The second-order valence-electron chi connectivity index (χ2n) is 4.41. The second-order valence-corrected chi connectivity index (χ2v) is 4.77. The summed E-state index contributed by atoms with van der Waals surface area (Å²) in [6.07, 6.45) is 7.31. The Bertz CT molecular complexity index is 764. The minimum atomic E-state index is 0.428. The minimum absolute atomic E-state index is 0.428. The van der Waals surface area contributed by atoms with Crippen LogP contribution in [0, 0.1) is 0 Å². The lowest BCUT2D eigenvalue weighted by atomic mass is 9.90. The largest absolute Gasteiger partial charge is 0.457 e. The van der Waals surface area contributed by atoms with Crippen molar-refractivity contribution >= 4 is 22.6 Å². The molecule has 88 valence electrons. The molecule has 3 heterocycles. The number of halogens is 1. The summed E-state index contributed by atoms with van der Waals surface area (Å²) in [6.45, 7) is 0. The third-order valence-electron chi connectivity index (χ3n) is 3.43. The first-order valence-corrected chi connectivity index (χ1v) is 6.21. The van der Waals surface area contributed by atoms with Crippen LogP contribution in [0.1, 0.15) is 11.3 Å². The molecule has 0 unspecified atom stereocenters. The van der Waals surface area contributed by atoms with Gasteiger partial charge in [0.2, 0.25) is 0 Å². The Morgan fingerprint density at radius 2 is 2.11 bits per heavy atom. The zero-order valence-electron chi connectivity index (χ0n) is 9.48. The van der Waals surface area contributed by atoms with Gasteiger partial charge in [-0.2, -0.15) is 0 Å². The Labute approximate surface area is 108 Å². The third kappa shape index (κ3) is 1.25. The monoisotopic (exact) mass is 256 g/mol. The van der Waals surface area contributed by atoms with Crippen LogP contribution in [0.2, 0.25) is 5.15 Å². The van der Waals surface area contributed by atoms with Gasteiger partial charge in [-0.05, 0) is 29.7 Å². The molecule has 0 N–H and O–H groups in total. The summed E-state index contributed by atoms with van der Waals surface area (Å²) in [7, 11) is 0. The van der Waals surface area contributed by atoms with Gasteiger partial charge in [0.15, 0.2) is 10.7 Å². The molecular weight excluding hydrogens is 248 g/mol. The normalized spacial score (nSPS) is 13.4. The molecule has 0 aromatic carbocycles. The quantitative estimate of drug-likeness (QED) is 0.577. The van der Waals surface area contributed by atoms with Crippen molar-refractivity contribution in [2.75, 3.05) is 0 Å². The molecule has 4 rings (SSSR count). The number of rotatable bonds is 0. The Kier molecular flexibility index (Phi) is 2.00. The Morgan fingerprint density at radius 3 is 3.06 bits per heavy atom. The molecule has 0 aliphatic heterocycles. The van der Waals surface area contributed by atoms with Gasteiger partial charge in [0.1, 0.15) is 5.76 Å². The lowest BCUT2D eigenvalue weighted by Gasteiger charge is -2.14. The van der Waals surface area contributed by atoms with Crippen LogP contribution >= 0.6 is 11.6 Å². The molecule has 0 fully saturated rings. The highest BCUT2D eigenvalue weighted by atomic mass is 35.5. The summed E-state index contributed by atoms with van der Waals surface area (Å²) < 4.78 is 5.86. The van der Waals surface area contributed by atoms with Crippen molar-refractivity contribution in [3.63, 3.8) is 0 Å². The van der Waals surface area contributed by atoms with E-state index in [4.69, 9.17) is 16.0 Å². The first-order chi connectivity index (χ1) is 8.84. The zero-order valence-corrected chi connectivity index (χ0v) is 10.2. The fourth-order valence-corrected chi connectivity index (χ4v) is 2.83. The van der Waals surface area contributed by atoms with Gasteiger partial charge in [0.05, 0.1) is 0 Å². The highest BCUT2D eigenvalue weighted by molar-refractivity contribution is 6.34. The molecule has 0 radical (unpaired) electrons. The molecule has 0 saturated carbocycles. The van der Waals surface area contributed by atoms with Gasteiger partial charge in [-0.3, -0.25) is 4.98 Å². The van der Waals surface area contributed by atoms with Crippen molar-refractivity contribution in [3.05, 3.63) is 47.2 Å². The van der Waals surface area contributed by atoms with E-state index in [0.29, 0.717) is 10.7 Å². The maximum absolute atomic E-state index is 6.09. The summed E-state index contributed by atoms with van der Waals surface area (Å²) in [5, 5.41) is 1.47. The van der Waals surface area contributed by atoms with E-state index in [1.165, 1.54) is 11.1 Å². The van der Waals surface area contributed by atoms with Crippen LogP contribution < -0.4 is 0 Å². The average Bonchev–Trinajstić information content (AvgIpc) is 2.79. The highest BCUT2D eigenvalue weighted by Gasteiger charge is 2.23. The lowest BCUT2D eigenvalue weighted by molar-refractivity contribution is 0.545. The van der Waals surface area contributed by atoms with Crippen LogP contribution in [-0.2, 0) is 12.8 Å². The van der Waals surface area contributed by atoms with Gasteiger partial charge in [-0.15, -0.1) is 0 Å². The van der Waals surface area contributed by atoms with E-state index >= 15 is 0 Å². The number of aromatic nitrogens is 2. The van der Waals surface area contributed by atoms with Crippen LogP contribution in [0.3, 0.4) is 0 Å². The Balaban J connectivity index is 2.14. The Morgan fingerprint density at radius 1 is 1.17 bits per heavy atom. The summed E-state index contributed by atoms with van der Waals surface area (Å²) in [5.74, 6) is 0.999. The highest BCUT2D eigenvalue weighted by Crippen LogP contribution is 2.41. The Hall–Kier alpha value is -1.87. The molecule has 1 aliphatic rings. The summed E-state index contributed by atoms with van der Waals surface area (Å²) in [5.41, 5.74) is 4.31. The van der Waals surface area contributed by atoms with E-state index < -0.39 is 0 Å². The molecule has 18 heavy (non-hydrogen) atoms. The van der Waals surface area contributed by atoms with Crippen molar-refractivity contribution < 1.29 is 4.42 Å². The van der Waals surface area contributed by atoms with Crippen LogP contribution in [0.15, 0.2) is 35.1 Å². The first kappa shape index (κ1) is 10.1. The maximum atomic E-state index is 6.09. The minimum Gasteiger partial charge on any atom is -0.457 e. The lowest BCUT2D eigenvalue weighted by Crippen LogP contribution is -2.01. The number of furan rings is 1. The van der Waals surface area contributed by atoms with E-state index in [-0.39, 0.29) is 0 Å². The predicted octanol–water partition coefficient (Wildman–Crippen LogP) is 3.64. The van der Waals surface area contributed by atoms with Crippen molar-refractivity contribution in [2.24, 2.45) is 0 Å².